The van der Waals surface area contributed by atoms with Gasteiger partial charge in [-0.15, -0.1) is 0 Å². The lowest BCUT2D eigenvalue weighted by Crippen LogP contribution is -2.33. The van der Waals surface area contributed by atoms with Crippen molar-refractivity contribution in [2.45, 2.75) is 6.42 Å². The van der Waals surface area contributed by atoms with Crippen LogP contribution < -0.4 is 9.47 Å². The Balaban J connectivity index is 1.76. The number of hydrogen-bond donors (Lipinski definition) is 0. The van der Waals surface area contributed by atoms with Gasteiger partial charge in [-0.25, -0.2) is 0 Å². The number of ether oxygens (including phenoxy) is 2. The zero-order valence-corrected chi connectivity index (χ0v) is 12.9. The predicted octanol–water partition coefficient (Wildman–Crippen LogP) is 2.17. The molecule has 2 aromatic rings. The Morgan fingerprint density at radius 3 is 2.36 bits per heavy atom. The number of rotatable bonds is 7. The van der Waals surface area contributed by atoms with E-state index in [2.05, 4.69) is 4.98 Å². The maximum Gasteiger partial charge on any atom is 0.260 e. The molecule has 0 atom stereocenters. The Bertz CT molecular complexity index is 585. The van der Waals surface area contributed by atoms with Crippen LogP contribution in [0.1, 0.15) is 5.56 Å². The summed E-state index contributed by atoms with van der Waals surface area (Å²) in [5.41, 5.74) is 1.16. The summed E-state index contributed by atoms with van der Waals surface area (Å²) in [6.07, 6.45) is 4.31. The lowest BCUT2D eigenvalue weighted by atomic mass is 10.2. The van der Waals surface area contributed by atoms with E-state index in [1.165, 1.54) is 0 Å². The zero-order valence-electron chi connectivity index (χ0n) is 12.9. The molecule has 1 heterocycles. The molecule has 5 heteroatoms. The summed E-state index contributed by atoms with van der Waals surface area (Å²) < 4.78 is 10.6. The number of carbonyl (C=O) groups is 1. The SMILES string of the molecule is COc1ccc(OCC(=O)N(C)CCc2ccncc2)cc1. The third-order valence-electron chi connectivity index (χ3n) is 3.33. The third-order valence-corrected chi connectivity index (χ3v) is 3.33. The molecule has 0 aliphatic rings. The number of amides is 1. The van der Waals surface area contributed by atoms with Gasteiger partial charge in [0.2, 0.25) is 0 Å². The first-order valence-corrected chi connectivity index (χ1v) is 7.09. The first-order chi connectivity index (χ1) is 10.7. The molecule has 0 radical (unpaired) electrons. The van der Waals surface area contributed by atoms with Crippen LogP contribution in [-0.2, 0) is 11.2 Å². The minimum Gasteiger partial charge on any atom is -0.497 e. The molecule has 5 nitrogen and oxygen atoms in total. The standard InChI is InChI=1S/C17H20N2O3/c1-19(12-9-14-7-10-18-11-8-14)17(20)13-22-16-5-3-15(21-2)4-6-16/h3-8,10-11H,9,12-13H2,1-2H3. The molecule has 1 amide bonds. The first kappa shape index (κ1) is 15.8. The van der Waals surface area contributed by atoms with Crippen LogP contribution in [0.25, 0.3) is 0 Å². The second kappa shape index (κ2) is 8.02. The highest BCUT2D eigenvalue weighted by Gasteiger charge is 2.09. The van der Waals surface area contributed by atoms with Gasteiger partial charge in [0.05, 0.1) is 7.11 Å². The van der Waals surface area contributed by atoms with E-state index in [0.717, 1.165) is 17.7 Å². The molecular weight excluding hydrogens is 280 g/mol. The lowest BCUT2D eigenvalue weighted by molar-refractivity contribution is -0.132. The lowest BCUT2D eigenvalue weighted by Gasteiger charge is -2.17. The maximum absolute atomic E-state index is 12.0. The van der Waals surface area contributed by atoms with E-state index in [-0.39, 0.29) is 12.5 Å². The number of aromatic nitrogens is 1. The van der Waals surface area contributed by atoms with Crippen molar-refractivity contribution in [3.8, 4) is 11.5 Å². The van der Waals surface area contributed by atoms with Crippen molar-refractivity contribution < 1.29 is 14.3 Å². The van der Waals surface area contributed by atoms with Gasteiger partial charge in [0.25, 0.3) is 5.91 Å². The van der Waals surface area contributed by atoms with Crippen molar-refractivity contribution in [1.29, 1.82) is 0 Å². The average molecular weight is 300 g/mol. The molecule has 22 heavy (non-hydrogen) atoms. The Labute approximate surface area is 130 Å². The van der Waals surface area contributed by atoms with Crippen LogP contribution in [-0.4, -0.2) is 43.1 Å². The molecule has 0 aliphatic carbocycles. The highest BCUT2D eigenvalue weighted by atomic mass is 16.5. The van der Waals surface area contributed by atoms with Crippen LogP contribution in [0.2, 0.25) is 0 Å². The largest absolute Gasteiger partial charge is 0.497 e. The normalized spacial score (nSPS) is 10.1. The maximum atomic E-state index is 12.0. The van der Waals surface area contributed by atoms with Gasteiger partial charge in [-0.2, -0.15) is 0 Å². The zero-order chi connectivity index (χ0) is 15.8. The van der Waals surface area contributed by atoms with E-state index in [1.807, 2.05) is 12.1 Å². The van der Waals surface area contributed by atoms with Gasteiger partial charge >= 0.3 is 0 Å². The van der Waals surface area contributed by atoms with Crippen LogP contribution in [0.15, 0.2) is 48.8 Å². The van der Waals surface area contributed by atoms with Crippen LogP contribution >= 0.6 is 0 Å². The summed E-state index contributed by atoms with van der Waals surface area (Å²) in [5, 5.41) is 0. The predicted molar refractivity (Wildman–Crippen MR) is 84.1 cm³/mol. The summed E-state index contributed by atoms with van der Waals surface area (Å²) in [6, 6.07) is 11.1. The second-order valence-electron chi connectivity index (χ2n) is 4.88. The monoisotopic (exact) mass is 300 g/mol. The number of hydrogen-bond acceptors (Lipinski definition) is 4. The number of carbonyl (C=O) groups excluding carboxylic acids is 1. The van der Waals surface area contributed by atoms with Gasteiger partial charge in [-0.05, 0) is 48.4 Å². The Kier molecular flexibility index (Phi) is 5.77. The molecule has 0 aliphatic heterocycles. The van der Waals surface area contributed by atoms with E-state index >= 15 is 0 Å². The molecule has 1 aromatic heterocycles. The summed E-state index contributed by atoms with van der Waals surface area (Å²) in [7, 11) is 3.39. The van der Waals surface area contributed by atoms with E-state index in [9.17, 15) is 4.79 Å². The molecule has 1 aromatic carbocycles. The van der Waals surface area contributed by atoms with Gasteiger partial charge in [-0.3, -0.25) is 9.78 Å². The Hall–Kier alpha value is -2.56. The van der Waals surface area contributed by atoms with Crippen LogP contribution in [0.3, 0.4) is 0 Å². The number of pyridine rings is 1. The van der Waals surface area contributed by atoms with Gasteiger partial charge in [-0.1, -0.05) is 0 Å². The fourth-order valence-corrected chi connectivity index (χ4v) is 1.90. The molecule has 0 N–H and O–H groups in total. The fourth-order valence-electron chi connectivity index (χ4n) is 1.90. The van der Waals surface area contributed by atoms with Crippen LogP contribution in [0.5, 0.6) is 11.5 Å². The van der Waals surface area contributed by atoms with E-state index in [0.29, 0.717) is 12.3 Å². The van der Waals surface area contributed by atoms with Gasteiger partial charge < -0.3 is 14.4 Å². The molecule has 0 bridgehead atoms. The van der Waals surface area contributed by atoms with Crippen molar-refractivity contribution in [2.24, 2.45) is 0 Å². The van der Waals surface area contributed by atoms with Crippen molar-refractivity contribution in [1.82, 2.24) is 9.88 Å². The van der Waals surface area contributed by atoms with E-state index < -0.39 is 0 Å². The molecule has 0 fully saturated rings. The highest BCUT2D eigenvalue weighted by molar-refractivity contribution is 5.77. The molecule has 116 valence electrons. The third kappa shape index (κ3) is 4.77. The molecule has 0 unspecified atom stereocenters. The summed E-state index contributed by atoms with van der Waals surface area (Å²) in [5.74, 6) is 1.36. The minimum atomic E-state index is -0.0510. The molecule has 0 saturated carbocycles. The van der Waals surface area contributed by atoms with Crippen LogP contribution in [0.4, 0.5) is 0 Å². The van der Waals surface area contributed by atoms with Gasteiger partial charge in [0, 0.05) is 26.0 Å². The fraction of sp³-hybridized carbons (Fsp3) is 0.294. The summed E-state index contributed by atoms with van der Waals surface area (Å²) >= 11 is 0. The van der Waals surface area contributed by atoms with E-state index in [1.54, 1.807) is 55.7 Å². The van der Waals surface area contributed by atoms with Gasteiger partial charge in [0.1, 0.15) is 11.5 Å². The number of methoxy groups -OCH3 is 1. The van der Waals surface area contributed by atoms with Gasteiger partial charge in [0.15, 0.2) is 6.61 Å². The second-order valence-corrected chi connectivity index (χ2v) is 4.88. The van der Waals surface area contributed by atoms with Crippen molar-refractivity contribution in [2.75, 3.05) is 27.3 Å². The summed E-state index contributed by atoms with van der Waals surface area (Å²) in [6.45, 7) is 0.675. The molecule has 0 saturated heterocycles. The topological polar surface area (TPSA) is 51.7 Å². The highest BCUT2D eigenvalue weighted by Crippen LogP contribution is 2.16. The average Bonchev–Trinajstić information content (AvgIpc) is 2.58. The smallest absolute Gasteiger partial charge is 0.260 e. The van der Waals surface area contributed by atoms with E-state index in [4.69, 9.17) is 9.47 Å². The number of nitrogens with zero attached hydrogens (tertiary/aromatic N) is 2. The quantitative estimate of drug-likeness (QED) is 0.786. The van der Waals surface area contributed by atoms with Crippen molar-refractivity contribution in [3.05, 3.63) is 54.4 Å². The number of likely N-dealkylation sites (N-methyl/N-ethyl adjacent to an activating group) is 1. The Morgan fingerprint density at radius 2 is 1.73 bits per heavy atom. The van der Waals surface area contributed by atoms with Crippen molar-refractivity contribution >= 4 is 5.91 Å². The molecule has 2 rings (SSSR count). The van der Waals surface area contributed by atoms with Crippen molar-refractivity contribution in [3.63, 3.8) is 0 Å². The minimum absolute atomic E-state index is 0.0270. The molecular formula is C17H20N2O3. The first-order valence-electron chi connectivity index (χ1n) is 7.09. The number of benzene rings is 1. The van der Waals surface area contributed by atoms with Crippen LogP contribution in [0, 0.1) is 0 Å². The summed E-state index contributed by atoms with van der Waals surface area (Å²) in [4.78, 5) is 17.7. The Morgan fingerprint density at radius 1 is 1.09 bits per heavy atom. The molecule has 0 spiro atoms.